The molecule has 0 N–H and O–H groups in total. The molecule has 0 aliphatic carbocycles. The van der Waals surface area contributed by atoms with Crippen LogP contribution in [0.2, 0.25) is 0 Å². The summed E-state index contributed by atoms with van der Waals surface area (Å²) < 4.78 is 41.6. The van der Waals surface area contributed by atoms with Gasteiger partial charge in [0.2, 0.25) is 5.79 Å². The van der Waals surface area contributed by atoms with Crippen LogP contribution in [-0.2, 0) is 36.1 Å². The van der Waals surface area contributed by atoms with Crippen LogP contribution in [-0.4, -0.2) is 43.5 Å². The van der Waals surface area contributed by atoms with E-state index in [0.29, 0.717) is 6.54 Å². The zero-order chi connectivity index (χ0) is 18.9. The average molecular weight is 388 g/mol. The minimum atomic E-state index is -3.54. The number of hydrogen-bond acceptors (Lipinski definition) is 6. The van der Waals surface area contributed by atoms with Crippen LogP contribution in [0.3, 0.4) is 0 Å². The van der Waals surface area contributed by atoms with Crippen molar-refractivity contribution in [2.45, 2.75) is 18.4 Å². The molecule has 27 heavy (non-hydrogen) atoms. The Morgan fingerprint density at radius 3 is 2.81 bits per heavy atom. The van der Waals surface area contributed by atoms with E-state index in [1.54, 1.807) is 12.5 Å². The molecule has 0 bridgehead atoms. The zero-order valence-electron chi connectivity index (χ0n) is 14.8. The highest BCUT2D eigenvalue weighted by Crippen LogP contribution is 2.37. The van der Waals surface area contributed by atoms with Crippen molar-refractivity contribution in [3.63, 3.8) is 0 Å². The summed E-state index contributed by atoms with van der Waals surface area (Å²) in [6, 6.07) is 14.1. The summed E-state index contributed by atoms with van der Waals surface area (Å²) in [5.74, 6) is -1.05. The SMILES string of the molecule is CS(=O)(=O)OCC1COC(Cn2ccnc2)(c2ccc3ccccc3c2)O1. The topological polar surface area (TPSA) is 79.7 Å². The van der Waals surface area contributed by atoms with E-state index in [1.165, 1.54) is 0 Å². The van der Waals surface area contributed by atoms with E-state index in [2.05, 4.69) is 4.98 Å². The molecule has 3 aromatic rings. The lowest BCUT2D eigenvalue weighted by Crippen LogP contribution is -2.34. The van der Waals surface area contributed by atoms with E-state index in [4.69, 9.17) is 13.7 Å². The van der Waals surface area contributed by atoms with Crippen molar-refractivity contribution in [1.82, 2.24) is 9.55 Å². The summed E-state index contributed by atoms with van der Waals surface area (Å²) in [4.78, 5) is 4.07. The van der Waals surface area contributed by atoms with Crippen LogP contribution in [0.15, 0.2) is 61.2 Å². The lowest BCUT2D eigenvalue weighted by atomic mass is 10.0. The van der Waals surface area contributed by atoms with Crippen LogP contribution < -0.4 is 0 Å². The quantitative estimate of drug-likeness (QED) is 0.603. The molecule has 1 aliphatic rings. The van der Waals surface area contributed by atoms with Gasteiger partial charge in [-0.3, -0.25) is 4.18 Å². The van der Waals surface area contributed by atoms with Crippen LogP contribution in [0.5, 0.6) is 0 Å². The number of aromatic nitrogens is 2. The van der Waals surface area contributed by atoms with Gasteiger partial charge in [-0.1, -0.05) is 36.4 Å². The summed E-state index contributed by atoms with van der Waals surface area (Å²) in [5, 5.41) is 2.19. The number of nitrogens with zero attached hydrogens (tertiary/aromatic N) is 2. The molecule has 2 aromatic carbocycles. The second-order valence-corrected chi connectivity index (χ2v) is 8.23. The van der Waals surface area contributed by atoms with Crippen LogP contribution in [0, 0.1) is 0 Å². The number of imidazole rings is 1. The maximum atomic E-state index is 11.3. The smallest absolute Gasteiger partial charge is 0.264 e. The molecular weight excluding hydrogens is 368 g/mol. The first-order chi connectivity index (χ1) is 12.9. The van der Waals surface area contributed by atoms with Crippen LogP contribution in [0.1, 0.15) is 5.56 Å². The van der Waals surface area contributed by atoms with Crippen molar-refractivity contribution in [3.05, 3.63) is 66.7 Å². The summed E-state index contributed by atoms with van der Waals surface area (Å²) in [5.41, 5.74) is 0.858. The third kappa shape index (κ3) is 4.03. The van der Waals surface area contributed by atoms with E-state index in [0.717, 1.165) is 22.6 Å². The van der Waals surface area contributed by atoms with Gasteiger partial charge in [0.15, 0.2) is 0 Å². The predicted octanol–water partition coefficient (Wildman–Crippen LogP) is 2.28. The van der Waals surface area contributed by atoms with Crippen molar-refractivity contribution >= 4 is 20.9 Å². The molecule has 2 unspecified atom stereocenters. The first kappa shape index (κ1) is 18.1. The van der Waals surface area contributed by atoms with Crippen LogP contribution in [0.25, 0.3) is 10.8 Å². The lowest BCUT2D eigenvalue weighted by Gasteiger charge is -2.29. The average Bonchev–Trinajstić information content (AvgIpc) is 3.30. The second-order valence-electron chi connectivity index (χ2n) is 6.59. The minimum Gasteiger partial charge on any atom is -0.342 e. The van der Waals surface area contributed by atoms with E-state index in [1.807, 2.05) is 53.2 Å². The summed E-state index contributed by atoms with van der Waals surface area (Å²) in [6.45, 7) is 0.538. The molecule has 0 radical (unpaired) electrons. The highest BCUT2D eigenvalue weighted by Gasteiger charge is 2.44. The molecule has 4 rings (SSSR count). The largest absolute Gasteiger partial charge is 0.342 e. The molecule has 0 saturated carbocycles. The Morgan fingerprint density at radius 1 is 1.26 bits per heavy atom. The molecule has 2 atom stereocenters. The summed E-state index contributed by atoms with van der Waals surface area (Å²) >= 11 is 0. The Kier molecular flexibility index (Phi) is 4.73. The van der Waals surface area contributed by atoms with Gasteiger partial charge in [0.1, 0.15) is 6.10 Å². The molecule has 2 heterocycles. The van der Waals surface area contributed by atoms with E-state index >= 15 is 0 Å². The van der Waals surface area contributed by atoms with Crippen molar-refractivity contribution in [1.29, 1.82) is 0 Å². The maximum Gasteiger partial charge on any atom is 0.264 e. The van der Waals surface area contributed by atoms with Gasteiger partial charge < -0.3 is 14.0 Å². The first-order valence-corrected chi connectivity index (χ1v) is 10.4. The van der Waals surface area contributed by atoms with Gasteiger partial charge in [-0.15, -0.1) is 0 Å². The molecule has 1 fully saturated rings. The first-order valence-electron chi connectivity index (χ1n) is 8.55. The number of ether oxygens (including phenoxy) is 2. The lowest BCUT2D eigenvalue weighted by molar-refractivity contribution is -0.189. The Labute approximate surface area is 157 Å². The molecule has 0 spiro atoms. The van der Waals surface area contributed by atoms with Gasteiger partial charge in [0.25, 0.3) is 10.1 Å². The Hall–Kier alpha value is -2.26. The maximum absolute atomic E-state index is 11.3. The van der Waals surface area contributed by atoms with Crippen molar-refractivity contribution in [2.75, 3.05) is 19.5 Å². The number of rotatable bonds is 6. The van der Waals surface area contributed by atoms with Crippen LogP contribution >= 0.6 is 0 Å². The van der Waals surface area contributed by atoms with Gasteiger partial charge in [0, 0.05) is 18.0 Å². The molecule has 142 valence electrons. The highest BCUT2D eigenvalue weighted by atomic mass is 32.2. The number of hydrogen-bond donors (Lipinski definition) is 0. The summed E-state index contributed by atoms with van der Waals surface area (Å²) in [6.07, 6.45) is 5.74. The van der Waals surface area contributed by atoms with E-state index in [-0.39, 0.29) is 13.2 Å². The fourth-order valence-corrected chi connectivity index (χ4v) is 3.62. The molecule has 1 aromatic heterocycles. The van der Waals surface area contributed by atoms with Crippen LogP contribution in [0.4, 0.5) is 0 Å². The molecular formula is C19H20N2O5S. The summed E-state index contributed by atoms with van der Waals surface area (Å²) in [7, 11) is -3.54. The molecule has 1 saturated heterocycles. The third-order valence-electron chi connectivity index (χ3n) is 4.47. The molecule has 0 amide bonds. The van der Waals surface area contributed by atoms with E-state index < -0.39 is 22.0 Å². The van der Waals surface area contributed by atoms with E-state index in [9.17, 15) is 8.42 Å². The number of benzene rings is 2. The molecule has 8 heteroatoms. The monoisotopic (exact) mass is 388 g/mol. The fourth-order valence-electron chi connectivity index (χ4n) is 3.22. The minimum absolute atomic E-state index is 0.0852. The van der Waals surface area contributed by atoms with Crippen molar-refractivity contribution in [2.24, 2.45) is 0 Å². The predicted molar refractivity (Wildman–Crippen MR) is 99.5 cm³/mol. The molecule has 1 aliphatic heterocycles. The fraction of sp³-hybridized carbons (Fsp3) is 0.316. The standard InChI is InChI=1S/C19H20N2O5S/c1-27(22,23)25-12-18-11-24-19(26-18,13-21-9-8-20-14-21)17-7-6-15-4-2-3-5-16(15)10-17/h2-10,14,18H,11-13H2,1H3. The van der Waals surface area contributed by atoms with Gasteiger partial charge in [-0.2, -0.15) is 8.42 Å². The normalized spacial score (nSPS) is 23.1. The second kappa shape index (κ2) is 7.05. The number of fused-ring (bicyclic) bond motifs is 1. The Morgan fingerprint density at radius 2 is 2.07 bits per heavy atom. The Bertz CT molecular complexity index is 1040. The molecule has 7 nitrogen and oxygen atoms in total. The Balaban J connectivity index is 1.66. The van der Waals surface area contributed by atoms with Gasteiger partial charge in [0.05, 0.1) is 32.3 Å². The third-order valence-corrected chi connectivity index (χ3v) is 5.03. The zero-order valence-corrected chi connectivity index (χ0v) is 15.6. The van der Waals surface area contributed by atoms with Gasteiger partial charge >= 0.3 is 0 Å². The van der Waals surface area contributed by atoms with Crippen molar-refractivity contribution < 1.29 is 22.1 Å². The van der Waals surface area contributed by atoms with Gasteiger partial charge in [-0.05, 0) is 16.8 Å². The van der Waals surface area contributed by atoms with Gasteiger partial charge in [-0.25, -0.2) is 4.98 Å². The van der Waals surface area contributed by atoms with Crippen molar-refractivity contribution in [3.8, 4) is 0 Å². The highest BCUT2D eigenvalue weighted by molar-refractivity contribution is 7.85.